The number of nitrogens with zero attached hydrogens (tertiary/aromatic N) is 1. The van der Waals surface area contributed by atoms with E-state index in [1.165, 1.54) is 22.2 Å². The molecule has 0 radical (unpaired) electrons. The molecule has 0 aliphatic heterocycles. The second kappa shape index (κ2) is 6.66. The fraction of sp³-hybridized carbons (Fsp3) is 0.167. The zero-order chi connectivity index (χ0) is 15.3. The van der Waals surface area contributed by atoms with Crippen molar-refractivity contribution in [3.05, 3.63) is 40.7 Å². The summed E-state index contributed by atoms with van der Waals surface area (Å²) in [5, 5.41) is 9.95. The lowest BCUT2D eigenvalue weighted by molar-refractivity contribution is -0.139. The van der Waals surface area contributed by atoms with E-state index in [0.29, 0.717) is 11.3 Å². The lowest BCUT2D eigenvalue weighted by atomic mass is 10.2. The van der Waals surface area contributed by atoms with Crippen molar-refractivity contribution < 1.29 is 23.1 Å². The first-order valence-corrected chi connectivity index (χ1v) is 8.21. The number of aromatic nitrogens is 1. The average molecular weight is 328 g/mol. The molecule has 1 heterocycles. The molecule has 7 nitrogen and oxygen atoms in total. The molecule has 0 amide bonds. The van der Waals surface area contributed by atoms with Crippen LogP contribution >= 0.6 is 11.3 Å². The van der Waals surface area contributed by atoms with Crippen molar-refractivity contribution in [2.75, 3.05) is 6.61 Å². The fourth-order valence-corrected chi connectivity index (χ4v) is 3.33. The lowest BCUT2D eigenvalue weighted by Crippen LogP contribution is -2.23. The molecule has 21 heavy (non-hydrogen) atoms. The maximum Gasteiger partial charge on any atom is 0.341 e. The van der Waals surface area contributed by atoms with Gasteiger partial charge < -0.3 is 9.84 Å². The number of carboxylic acids is 1. The summed E-state index contributed by atoms with van der Waals surface area (Å²) < 4.78 is 31.2. The van der Waals surface area contributed by atoms with Gasteiger partial charge in [0.15, 0.2) is 11.6 Å². The third kappa shape index (κ3) is 4.52. The highest BCUT2D eigenvalue weighted by Crippen LogP contribution is 2.14. The summed E-state index contributed by atoms with van der Waals surface area (Å²) in [7, 11) is -3.64. The van der Waals surface area contributed by atoms with E-state index in [4.69, 9.17) is 9.84 Å². The first-order valence-electron chi connectivity index (χ1n) is 5.79. The number of thiazole rings is 1. The number of hydrogen-bond donors (Lipinski definition) is 2. The Morgan fingerprint density at radius 1 is 1.43 bits per heavy atom. The normalized spacial score (nSPS) is 11.2. The maximum absolute atomic E-state index is 11.9. The number of rotatable bonds is 7. The topological polar surface area (TPSA) is 106 Å². The highest BCUT2D eigenvalue weighted by molar-refractivity contribution is 7.89. The molecular formula is C12H12N2O5S2. The monoisotopic (exact) mass is 328 g/mol. The number of hydrogen-bond acceptors (Lipinski definition) is 6. The molecule has 0 bridgehead atoms. The summed E-state index contributed by atoms with van der Waals surface area (Å²) in [6.45, 7) is -0.391. The van der Waals surface area contributed by atoms with Gasteiger partial charge in [-0.3, -0.25) is 0 Å². The molecule has 0 saturated carbocycles. The van der Waals surface area contributed by atoms with Crippen molar-refractivity contribution in [1.82, 2.24) is 9.71 Å². The minimum absolute atomic E-state index is 0.0224. The SMILES string of the molecule is O=C(O)COc1cccc(CNS(=O)(=O)c2cscn2)c1. The van der Waals surface area contributed by atoms with Gasteiger partial charge in [0.2, 0.25) is 0 Å². The van der Waals surface area contributed by atoms with Crippen LogP contribution in [0.25, 0.3) is 0 Å². The zero-order valence-electron chi connectivity index (χ0n) is 10.7. The van der Waals surface area contributed by atoms with Crippen LogP contribution in [0, 0.1) is 0 Å². The van der Waals surface area contributed by atoms with Crippen LogP contribution in [0.15, 0.2) is 40.2 Å². The van der Waals surface area contributed by atoms with Crippen LogP contribution in [0.2, 0.25) is 0 Å². The molecule has 0 saturated heterocycles. The predicted octanol–water partition coefficient (Wildman–Crippen LogP) is 1.09. The van der Waals surface area contributed by atoms with Crippen LogP contribution in [0.3, 0.4) is 0 Å². The number of benzene rings is 1. The van der Waals surface area contributed by atoms with Gasteiger partial charge in [-0.25, -0.2) is 22.9 Å². The number of carboxylic acid groups (broad SMARTS) is 1. The highest BCUT2D eigenvalue weighted by Gasteiger charge is 2.15. The van der Waals surface area contributed by atoms with Crippen molar-refractivity contribution in [1.29, 1.82) is 0 Å². The molecule has 0 aliphatic carbocycles. The molecule has 2 aromatic rings. The van der Waals surface area contributed by atoms with E-state index in [9.17, 15) is 13.2 Å². The van der Waals surface area contributed by atoms with Gasteiger partial charge in [-0.05, 0) is 17.7 Å². The minimum atomic E-state index is -3.64. The molecule has 0 unspecified atom stereocenters. The number of carbonyl (C=O) groups is 1. The summed E-state index contributed by atoms with van der Waals surface area (Å²) in [5.74, 6) is -0.715. The van der Waals surface area contributed by atoms with E-state index in [1.54, 1.807) is 24.3 Å². The molecule has 1 aromatic heterocycles. The van der Waals surface area contributed by atoms with Gasteiger partial charge in [-0.15, -0.1) is 11.3 Å². The van der Waals surface area contributed by atoms with Crippen LogP contribution in [0.1, 0.15) is 5.56 Å². The van der Waals surface area contributed by atoms with E-state index >= 15 is 0 Å². The van der Waals surface area contributed by atoms with Gasteiger partial charge in [0, 0.05) is 11.9 Å². The molecule has 112 valence electrons. The first kappa shape index (κ1) is 15.4. The van der Waals surface area contributed by atoms with Gasteiger partial charge in [-0.2, -0.15) is 0 Å². The average Bonchev–Trinajstić information content (AvgIpc) is 2.98. The Balaban J connectivity index is 2.00. The van der Waals surface area contributed by atoms with E-state index in [0.717, 1.165) is 0 Å². The molecule has 0 fully saturated rings. The van der Waals surface area contributed by atoms with Crippen LogP contribution in [-0.4, -0.2) is 31.1 Å². The molecule has 0 atom stereocenters. The molecule has 0 aliphatic rings. The van der Waals surface area contributed by atoms with Crippen LogP contribution in [0.4, 0.5) is 0 Å². The van der Waals surface area contributed by atoms with Gasteiger partial charge in [0.05, 0.1) is 5.51 Å². The second-order valence-electron chi connectivity index (χ2n) is 3.98. The van der Waals surface area contributed by atoms with E-state index < -0.39 is 22.6 Å². The molecular weight excluding hydrogens is 316 g/mol. The predicted molar refractivity (Wildman–Crippen MR) is 75.7 cm³/mol. The summed E-state index contributed by atoms with van der Waals surface area (Å²) in [4.78, 5) is 14.2. The zero-order valence-corrected chi connectivity index (χ0v) is 12.4. The van der Waals surface area contributed by atoms with Gasteiger partial charge in [0.1, 0.15) is 5.75 Å². The Kier molecular flexibility index (Phi) is 4.89. The third-order valence-electron chi connectivity index (χ3n) is 2.41. The molecule has 2 N–H and O–H groups in total. The Hall–Kier alpha value is -1.97. The number of ether oxygens (including phenoxy) is 1. The van der Waals surface area contributed by atoms with Crippen LogP contribution < -0.4 is 9.46 Å². The van der Waals surface area contributed by atoms with E-state index in [2.05, 4.69) is 9.71 Å². The van der Waals surface area contributed by atoms with Crippen molar-refractivity contribution >= 4 is 27.3 Å². The summed E-state index contributed by atoms with van der Waals surface area (Å²) in [5.41, 5.74) is 2.09. The smallest absolute Gasteiger partial charge is 0.341 e. The molecule has 1 aromatic carbocycles. The number of nitrogens with one attached hydrogen (secondary N) is 1. The van der Waals surface area contributed by atoms with Crippen molar-refractivity contribution in [3.63, 3.8) is 0 Å². The van der Waals surface area contributed by atoms with Gasteiger partial charge >= 0.3 is 5.97 Å². The minimum Gasteiger partial charge on any atom is -0.482 e. The standard InChI is InChI=1S/C12H12N2O5S2/c15-12(16)6-19-10-3-1-2-9(4-10)5-14-21(17,18)11-7-20-8-13-11/h1-4,7-8,14H,5-6H2,(H,15,16). The fourth-order valence-electron chi connectivity index (χ4n) is 1.48. The Morgan fingerprint density at radius 2 is 2.24 bits per heavy atom. The summed E-state index contributed by atoms with van der Waals surface area (Å²) in [6.07, 6.45) is 0. The second-order valence-corrected chi connectivity index (χ2v) is 6.41. The van der Waals surface area contributed by atoms with Crippen molar-refractivity contribution in [2.24, 2.45) is 0 Å². The largest absolute Gasteiger partial charge is 0.482 e. The Morgan fingerprint density at radius 3 is 2.90 bits per heavy atom. The lowest BCUT2D eigenvalue weighted by Gasteiger charge is -2.07. The van der Waals surface area contributed by atoms with E-state index in [-0.39, 0.29) is 11.6 Å². The molecule has 0 spiro atoms. The summed E-state index contributed by atoms with van der Waals surface area (Å²) in [6, 6.07) is 6.54. The van der Waals surface area contributed by atoms with Gasteiger partial charge in [0.25, 0.3) is 10.0 Å². The third-order valence-corrected chi connectivity index (χ3v) is 4.45. The molecule has 9 heteroatoms. The van der Waals surface area contributed by atoms with Crippen LogP contribution in [-0.2, 0) is 21.4 Å². The number of aliphatic carboxylic acids is 1. The Labute approximate surface area is 125 Å². The van der Waals surface area contributed by atoms with Crippen molar-refractivity contribution in [2.45, 2.75) is 11.6 Å². The van der Waals surface area contributed by atoms with Crippen LogP contribution in [0.5, 0.6) is 5.75 Å². The Bertz CT molecular complexity index is 713. The quantitative estimate of drug-likeness (QED) is 0.788. The van der Waals surface area contributed by atoms with E-state index in [1.807, 2.05) is 0 Å². The summed E-state index contributed by atoms with van der Waals surface area (Å²) >= 11 is 1.19. The maximum atomic E-state index is 11.9. The number of sulfonamides is 1. The highest BCUT2D eigenvalue weighted by atomic mass is 32.2. The van der Waals surface area contributed by atoms with Gasteiger partial charge in [-0.1, -0.05) is 12.1 Å². The first-order chi connectivity index (χ1) is 9.97. The van der Waals surface area contributed by atoms with Crippen molar-refractivity contribution in [3.8, 4) is 5.75 Å². The molecule has 2 rings (SSSR count).